The summed E-state index contributed by atoms with van der Waals surface area (Å²) in [5.74, 6) is 0.235. The predicted molar refractivity (Wildman–Crippen MR) is 83.3 cm³/mol. The number of nitrogens with zero attached hydrogens (tertiary/aromatic N) is 2. The van der Waals surface area contributed by atoms with Crippen LogP contribution in [0.25, 0.3) is 0 Å². The first-order chi connectivity index (χ1) is 9.81. The molecule has 0 spiro atoms. The van der Waals surface area contributed by atoms with Crippen LogP contribution >= 0.6 is 0 Å². The minimum atomic E-state index is -0.496. The fourth-order valence-corrected chi connectivity index (χ4v) is 3.33. The van der Waals surface area contributed by atoms with Crippen molar-refractivity contribution in [2.45, 2.75) is 69.6 Å². The molecule has 0 amide bonds. The molecule has 2 N–H and O–H groups in total. The van der Waals surface area contributed by atoms with Crippen molar-refractivity contribution in [1.82, 2.24) is 9.80 Å². The van der Waals surface area contributed by atoms with Crippen LogP contribution < -0.4 is 0 Å². The van der Waals surface area contributed by atoms with Crippen LogP contribution in [0.15, 0.2) is 0 Å². The zero-order valence-electron chi connectivity index (χ0n) is 14.1. The molecule has 1 saturated carbocycles. The summed E-state index contributed by atoms with van der Waals surface area (Å²) in [6.45, 7) is 4.77. The van der Waals surface area contributed by atoms with E-state index in [-0.39, 0.29) is 24.2 Å². The summed E-state index contributed by atoms with van der Waals surface area (Å²) >= 11 is 0. The van der Waals surface area contributed by atoms with E-state index in [9.17, 15) is 10.2 Å². The molecule has 124 valence electrons. The Bertz CT molecular complexity index is 315. The van der Waals surface area contributed by atoms with Crippen LogP contribution in [0.3, 0.4) is 0 Å². The number of rotatable bonds is 6. The van der Waals surface area contributed by atoms with E-state index in [1.54, 1.807) is 0 Å². The molecule has 5 heteroatoms. The quantitative estimate of drug-likeness (QED) is 0.750. The summed E-state index contributed by atoms with van der Waals surface area (Å²) in [4.78, 5) is 4.28. The normalized spacial score (nSPS) is 35.7. The fraction of sp³-hybridized carbons (Fsp3) is 1.00. The van der Waals surface area contributed by atoms with Gasteiger partial charge in [-0.3, -0.25) is 0 Å². The molecule has 21 heavy (non-hydrogen) atoms. The molecule has 0 radical (unpaired) electrons. The molecule has 0 bridgehead atoms. The van der Waals surface area contributed by atoms with Crippen molar-refractivity contribution in [3.63, 3.8) is 0 Å². The lowest BCUT2D eigenvalue weighted by molar-refractivity contribution is -0.190. The van der Waals surface area contributed by atoms with Gasteiger partial charge in [0, 0.05) is 18.6 Å². The number of ether oxygens (including phenoxy) is 1. The average molecular weight is 300 g/mol. The van der Waals surface area contributed by atoms with Crippen LogP contribution in [0.4, 0.5) is 0 Å². The van der Waals surface area contributed by atoms with Gasteiger partial charge in [0.25, 0.3) is 0 Å². The third-order valence-corrected chi connectivity index (χ3v) is 4.93. The van der Waals surface area contributed by atoms with Crippen molar-refractivity contribution in [3.05, 3.63) is 0 Å². The zero-order valence-corrected chi connectivity index (χ0v) is 14.1. The van der Waals surface area contributed by atoms with Crippen molar-refractivity contribution in [1.29, 1.82) is 0 Å². The molecule has 2 aliphatic rings. The molecule has 2 rings (SSSR count). The zero-order chi connectivity index (χ0) is 15.7. The third-order valence-electron chi connectivity index (χ3n) is 4.93. The van der Waals surface area contributed by atoms with Crippen LogP contribution in [0.2, 0.25) is 0 Å². The standard InChI is InChI=1S/C16H32N2O3/c1-10(2)16-15(20)12(17(3)4)8-14(21-16)13(19)9-18(5)11-6-7-11/h10-16,19-20H,6-9H2,1-5H3/t12?,13?,14?,15?,16-/m0/s1. The summed E-state index contributed by atoms with van der Waals surface area (Å²) in [7, 11) is 6.04. The summed E-state index contributed by atoms with van der Waals surface area (Å²) in [6, 6.07) is 0.677. The fourth-order valence-electron chi connectivity index (χ4n) is 3.33. The second kappa shape index (κ2) is 6.92. The molecular weight excluding hydrogens is 268 g/mol. The van der Waals surface area contributed by atoms with Crippen LogP contribution in [0, 0.1) is 5.92 Å². The van der Waals surface area contributed by atoms with Gasteiger partial charge in [-0.2, -0.15) is 0 Å². The Morgan fingerprint density at radius 2 is 1.81 bits per heavy atom. The first-order valence-corrected chi connectivity index (χ1v) is 8.19. The molecule has 0 aromatic rings. The average Bonchev–Trinajstić information content (AvgIpc) is 3.22. The minimum Gasteiger partial charge on any atom is -0.389 e. The SMILES string of the molecule is CC(C)[C@@H]1OC(C(O)CN(C)C2CC2)CC(N(C)C)C1O. The van der Waals surface area contributed by atoms with Gasteiger partial charge in [-0.15, -0.1) is 0 Å². The Hall–Kier alpha value is -0.200. The summed E-state index contributed by atoms with van der Waals surface area (Å²) in [5.41, 5.74) is 0. The Labute approximate surface area is 128 Å². The van der Waals surface area contributed by atoms with E-state index >= 15 is 0 Å². The van der Waals surface area contributed by atoms with E-state index in [0.29, 0.717) is 19.0 Å². The van der Waals surface area contributed by atoms with Gasteiger partial charge in [0.15, 0.2) is 0 Å². The van der Waals surface area contributed by atoms with Crippen LogP contribution in [0.5, 0.6) is 0 Å². The highest BCUT2D eigenvalue weighted by Crippen LogP contribution is 2.30. The number of aliphatic hydroxyl groups excluding tert-OH is 2. The monoisotopic (exact) mass is 300 g/mol. The van der Waals surface area contributed by atoms with E-state index < -0.39 is 12.2 Å². The molecule has 5 nitrogen and oxygen atoms in total. The second-order valence-electron chi connectivity index (χ2n) is 7.38. The van der Waals surface area contributed by atoms with Crippen LogP contribution in [0.1, 0.15) is 33.1 Å². The van der Waals surface area contributed by atoms with Gasteiger partial charge in [-0.25, -0.2) is 0 Å². The molecule has 1 heterocycles. The van der Waals surface area contributed by atoms with Crippen LogP contribution in [-0.4, -0.2) is 84.2 Å². The lowest BCUT2D eigenvalue weighted by Gasteiger charge is -2.45. The first kappa shape index (κ1) is 17.2. The highest BCUT2D eigenvalue weighted by molar-refractivity contribution is 4.94. The largest absolute Gasteiger partial charge is 0.389 e. The number of hydrogen-bond acceptors (Lipinski definition) is 5. The Kier molecular flexibility index (Phi) is 5.65. The molecule has 1 saturated heterocycles. The predicted octanol–water partition coefficient (Wildman–Crippen LogP) is 0.546. The summed E-state index contributed by atoms with van der Waals surface area (Å²) < 4.78 is 6.05. The van der Waals surface area contributed by atoms with Gasteiger partial charge in [0.2, 0.25) is 0 Å². The van der Waals surface area contributed by atoms with Gasteiger partial charge < -0.3 is 24.7 Å². The van der Waals surface area contributed by atoms with E-state index in [0.717, 1.165) is 0 Å². The van der Waals surface area contributed by atoms with Crippen molar-refractivity contribution < 1.29 is 14.9 Å². The number of likely N-dealkylation sites (N-methyl/N-ethyl adjacent to an activating group) is 2. The van der Waals surface area contributed by atoms with Crippen molar-refractivity contribution in [2.24, 2.45) is 5.92 Å². The summed E-state index contributed by atoms with van der Waals surface area (Å²) in [6.07, 6.45) is 1.75. The first-order valence-electron chi connectivity index (χ1n) is 8.19. The van der Waals surface area contributed by atoms with Gasteiger partial charge in [-0.1, -0.05) is 13.8 Å². The third kappa shape index (κ3) is 4.17. The minimum absolute atomic E-state index is 0.0389. The molecule has 4 unspecified atom stereocenters. The Balaban J connectivity index is 2.00. The molecule has 0 aromatic heterocycles. The molecule has 2 fully saturated rings. The van der Waals surface area contributed by atoms with Gasteiger partial charge in [0.1, 0.15) is 0 Å². The van der Waals surface area contributed by atoms with E-state index in [2.05, 4.69) is 25.8 Å². The van der Waals surface area contributed by atoms with Crippen molar-refractivity contribution in [3.8, 4) is 0 Å². The Morgan fingerprint density at radius 3 is 2.29 bits per heavy atom. The van der Waals surface area contributed by atoms with Gasteiger partial charge in [0.05, 0.1) is 24.4 Å². The van der Waals surface area contributed by atoms with E-state index in [1.807, 2.05) is 19.0 Å². The maximum Gasteiger partial charge on any atom is 0.0959 e. The van der Waals surface area contributed by atoms with E-state index in [4.69, 9.17) is 4.74 Å². The maximum atomic E-state index is 10.5. The summed E-state index contributed by atoms with van der Waals surface area (Å²) in [5, 5.41) is 21.0. The maximum absolute atomic E-state index is 10.5. The molecule has 1 aliphatic carbocycles. The highest BCUT2D eigenvalue weighted by atomic mass is 16.5. The van der Waals surface area contributed by atoms with Crippen LogP contribution in [-0.2, 0) is 4.74 Å². The lowest BCUT2D eigenvalue weighted by atomic mass is 9.87. The molecule has 0 aromatic carbocycles. The molecule has 1 aliphatic heterocycles. The Morgan fingerprint density at radius 1 is 1.19 bits per heavy atom. The van der Waals surface area contributed by atoms with Gasteiger partial charge in [-0.05, 0) is 46.3 Å². The molecule has 5 atom stereocenters. The number of aliphatic hydroxyl groups is 2. The number of hydrogen-bond donors (Lipinski definition) is 2. The van der Waals surface area contributed by atoms with Crippen molar-refractivity contribution in [2.75, 3.05) is 27.7 Å². The molecular formula is C16H32N2O3. The topological polar surface area (TPSA) is 56.2 Å². The second-order valence-corrected chi connectivity index (χ2v) is 7.38. The smallest absolute Gasteiger partial charge is 0.0959 e. The highest BCUT2D eigenvalue weighted by Gasteiger charge is 2.42. The van der Waals surface area contributed by atoms with Gasteiger partial charge >= 0.3 is 0 Å². The lowest BCUT2D eigenvalue weighted by Crippen LogP contribution is -2.58. The van der Waals surface area contributed by atoms with Crippen molar-refractivity contribution >= 4 is 0 Å². The van der Waals surface area contributed by atoms with E-state index in [1.165, 1.54) is 12.8 Å².